The molecule has 0 radical (unpaired) electrons. The largest absolute Gasteiger partial charge is 0.352 e. The highest BCUT2D eigenvalue weighted by Crippen LogP contribution is 2.23. The van der Waals surface area contributed by atoms with Crippen molar-refractivity contribution in [3.8, 4) is 0 Å². The van der Waals surface area contributed by atoms with Crippen LogP contribution in [0, 0.1) is 0 Å². The number of hydrogen-bond donors (Lipinski definition) is 3. The van der Waals surface area contributed by atoms with Crippen LogP contribution in [0.25, 0.3) is 0 Å². The Morgan fingerprint density at radius 1 is 0.844 bits per heavy atom. The molecular weight excluding hydrogens is 432 g/mol. The normalized spacial score (nSPS) is 13.2. The van der Waals surface area contributed by atoms with E-state index in [-0.39, 0.29) is 27.7 Å². The first-order chi connectivity index (χ1) is 15.3. The van der Waals surface area contributed by atoms with Crippen molar-refractivity contribution < 1.29 is 22.8 Å². The Bertz CT molecular complexity index is 1350. The molecule has 3 aromatic rings. The Labute approximate surface area is 183 Å². The molecule has 1 aliphatic carbocycles. The lowest BCUT2D eigenvalue weighted by molar-refractivity contribution is 0.0944. The van der Waals surface area contributed by atoms with E-state index in [2.05, 4.69) is 15.7 Å². The number of rotatable bonds is 6. The molecule has 160 valence electrons. The molecule has 1 amide bonds. The number of fused-ring (bicyclic) bond motifs is 1. The smallest absolute Gasteiger partial charge is 0.266 e. The van der Waals surface area contributed by atoms with Crippen molar-refractivity contribution in [2.75, 3.05) is 5.32 Å². The number of amides is 1. The van der Waals surface area contributed by atoms with Crippen LogP contribution in [0.3, 0.4) is 0 Å². The van der Waals surface area contributed by atoms with Crippen molar-refractivity contribution in [1.29, 1.82) is 0 Å². The van der Waals surface area contributed by atoms with Gasteiger partial charge in [0.1, 0.15) is 0 Å². The number of nitrogens with one attached hydrogen (secondary N) is 3. The van der Waals surface area contributed by atoms with E-state index in [1.165, 1.54) is 54.9 Å². The predicted octanol–water partition coefficient (Wildman–Crippen LogP) is 2.08. The van der Waals surface area contributed by atoms with Gasteiger partial charge in [-0.1, -0.05) is 24.3 Å². The number of pyridine rings is 1. The van der Waals surface area contributed by atoms with Crippen LogP contribution >= 0.6 is 0 Å². The molecule has 0 aliphatic heterocycles. The van der Waals surface area contributed by atoms with Crippen LogP contribution in [-0.4, -0.2) is 30.9 Å². The Morgan fingerprint density at radius 3 is 2.19 bits per heavy atom. The van der Waals surface area contributed by atoms with Crippen LogP contribution in [0.4, 0.5) is 5.69 Å². The molecule has 0 spiro atoms. The summed E-state index contributed by atoms with van der Waals surface area (Å²) in [5, 5.41) is 2.85. The maximum Gasteiger partial charge on any atom is 0.266 e. The first-order valence-corrected chi connectivity index (χ1v) is 10.8. The van der Waals surface area contributed by atoms with Crippen molar-refractivity contribution in [1.82, 2.24) is 15.2 Å². The summed E-state index contributed by atoms with van der Waals surface area (Å²) in [5.74, 6) is -1.27. The molecular formula is C22H16N4O5S. The molecule has 3 N–H and O–H groups in total. The van der Waals surface area contributed by atoms with E-state index in [0.717, 1.165) is 0 Å². The van der Waals surface area contributed by atoms with Crippen LogP contribution in [0.15, 0.2) is 89.7 Å². The molecule has 0 saturated heterocycles. The zero-order valence-corrected chi connectivity index (χ0v) is 17.2. The van der Waals surface area contributed by atoms with Gasteiger partial charge < -0.3 is 5.32 Å². The molecule has 0 saturated carbocycles. The maximum atomic E-state index is 12.6. The van der Waals surface area contributed by atoms with Crippen LogP contribution in [-0.2, 0) is 10.0 Å². The second-order valence-corrected chi connectivity index (χ2v) is 8.42. The molecule has 9 nitrogen and oxygen atoms in total. The topological polar surface area (TPSA) is 134 Å². The summed E-state index contributed by atoms with van der Waals surface area (Å²) in [6.45, 7) is 0. The summed E-state index contributed by atoms with van der Waals surface area (Å²) in [4.78, 5) is 42.6. The molecule has 1 aliphatic rings. The van der Waals surface area contributed by atoms with E-state index in [0.29, 0.717) is 16.8 Å². The van der Waals surface area contributed by atoms with E-state index in [9.17, 15) is 22.8 Å². The average molecular weight is 448 g/mol. The summed E-state index contributed by atoms with van der Waals surface area (Å²) in [7, 11) is -4.03. The lowest BCUT2D eigenvalue weighted by atomic mass is 9.92. The number of allylic oxidation sites excluding steroid dienone is 2. The van der Waals surface area contributed by atoms with Crippen molar-refractivity contribution in [2.45, 2.75) is 4.90 Å². The molecule has 0 unspecified atom stereocenters. The molecule has 0 fully saturated rings. The van der Waals surface area contributed by atoms with Crippen molar-refractivity contribution in [3.63, 3.8) is 0 Å². The highest BCUT2D eigenvalue weighted by Gasteiger charge is 2.25. The van der Waals surface area contributed by atoms with Gasteiger partial charge in [-0.05, 0) is 36.4 Å². The van der Waals surface area contributed by atoms with E-state index >= 15 is 0 Å². The lowest BCUT2D eigenvalue weighted by Gasteiger charge is -2.16. The number of aromatic nitrogens is 1. The molecule has 1 heterocycles. The number of sulfonamides is 1. The molecule has 4 rings (SSSR count). The van der Waals surface area contributed by atoms with Gasteiger partial charge >= 0.3 is 0 Å². The lowest BCUT2D eigenvalue weighted by Crippen LogP contribution is -2.41. The van der Waals surface area contributed by atoms with E-state index < -0.39 is 15.9 Å². The Morgan fingerprint density at radius 2 is 1.50 bits per heavy atom. The quantitative estimate of drug-likeness (QED) is 0.492. The highest BCUT2D eigenvalue weighted by atomic mass is 32.2. The third-order valence-corrected chi connectivity index (χ3v) is 5.91. The molecule has 2 aromatic carbocycles. The van der Waals surface area contributed by atoms with E-state index in [1.54, 1.807) is 24.3 Å². The number of anilines is 1. The van der Waals surface area contributed by atoms with Gasteiger partial charge in [-0.15, -0.1) is 4.83 Å². The van der Waals surface area contributed by atoms with Gasteiger partial charge in [0.05, 0.1) is 10.6 Å². The zero-order valence-electron chi connectivity index (χ0n) is 16.4. The summed E-state index contributed by atoms with van der Waals surface area (Å²) >= 11 is 0. The number of nitrogens with zero attached hydrogens (tertiary/aromatic N) is 1. The van der Waals surface area contributed by atoms with Crippen molar-refractivity contribution in [2.24, 2.45) is 0 Å². The number of hydrogen-bond acceptors (Lipinski definition) is 7. The molecule has 1 aromatic heterocycles. The standard InChI is InChI=1S/C22H16N4O5S/c27-20-13-19(21(28)18-4-2-1-3-17(18)20)24-15-5-7-16(8-6-15)32(30,31)26-25-22(29)14-9-11-23-12-10-14/h1-13,24,26H,(H,25,29). The minimum absolute atomic E-state index is 0.0899. The maximum absolute atomic E-state index is 12.6. The third-order valence-electron chi connectivity index (χ3n) is 4.64. The number of ketones is 2. The Hall–Kier alpha value is -4.15. The molecule has 32 heavy (non-hydrogen) atoms. The van der Waals surface area contributed by atoms with Crippen LogP contribution in [0.5, 0.6) is 0 Å². The van der Waals surface area contributed by atoms with Gasteiger partial charge in [-0.2, -0.15) is 0 Å². The number of hydrazine groups is 1. The zero-order chi connectivity index (χ0) is 22.7. The first-order valence-electron chi connectivity index (χ1n) is 9.34. The molecule has 0 atom stereocenters. The molecule has 0 bridgehead atoms. The second-order valence-electron chi connectivity index (χ2n) is 6.74. The predicted molar refractivity (Wildman–Crippen MR) is 115 cm³/mol. The SMILES string of the molecule is O=C(NNS(=O)(=O)c1ccc(NC2=CC(=O)c3ccccc3C2=O)cc1)c1ccncc1. The van der Waals surface area contributed by atoms with Gasteiger partial charge in [0.25, 0.3) is 15.9 Å². The fourth-order valence-corrected chi connectivity index (χ4v) is 3.87. The van der Waals surface area contributed by atoms with Crippen LogP contribution in [0.1, 0.15) is 31.1 Å². The third kappa shape index (κ3) is 4.31. The minimum atomic E-state index is -4.03. The fourth-order valence-electron chi connectivity index (χ4n) is 3.03. The minimum Gasteiger partial charge on any atom is -0.352 e. The number of benzene rings is 2. The van der Waals surface area contributed by atoms with Gasteiger partial charge in [-0.3, -0.25) is 24.8 Å². The summed E-state index contributed by atoms with van der Waals surface area (Å²) < 4.78 is 24.9. The van der Waals surface area contributed by atoms with Crippen LogP contribution in [0.2, 0.25) is 0 Å². The van der Waals surface area contributed by atoms with E-state index in [1.807, 2.05) is 4.83 Å². The highest BCUT2D eigenvalue weighted by molar-refractivity contribution is 7.89. The monoisotopic (exact) mass is 448 g/mol. The number of carbonyl (C=O) groups excluding carboxylic acids is 3. The second kappa shape index (κ2) is 8.53. The number of carbonyl (C=O) groups is 3. The number of Topliss-reactive ketones (excluding diaryl/α,β-unsaturated/α-hetero) is 1. The Kier molecular flexibility index (Phi) is 5.63. The summed E-state index contributed by atoms with van der Waals surface area (Å²) in [6.07, 6.45) is 4.03. The van der Waals surface area contributed by atoms with E-state index in [4.69, 9.17) is 0 Å². The average Bonchev–Trinajstić information content (AvgIpc) is 2.82. The van der Waals surface area contributed by atoms with Gasteiger partial charge in [0.2, 0.25) is 5.78 Å². The van der Waals surface area contributed by atoms with Gasteiger partial charge in [0, 0.05) is 40.8 Å². The summed E-state index contributed by atoms with van der Waals surface area (Å²) in [6, 6.07) is 14.9. The van der Waals surface area contributed by atoms with Crippen molar-refractivity contribution in [3.05, 3.63) is 102 Å². The van der Waals surface area contributed by atoms with Gasteiger partial charge in [0.15, 0.2) is 5.78 Å². The van der Waals surface area contributed by atoms with Gasteiger partial charge in [-0.25, -0.2) is 8.42 Å². The molecule has 10 heteroatoms. The Balaban J connectivity index is 1.44. The fraction of sp³-hybridized carbons (Fsp3) is 0. The van der Waals surface area contributed by atoms with Crippen LogP contribution < -0.4 is 15.6 Å². The van der Waals surface area contributed by atoms with Crippen molar-refractivity contribution >= 4 is 33.2 Å². The summed E-state index contributed by atoms with van der Waals surface area (Å²) in [5.41, 5.74) is 3.51. The first kappa shape index (κ1) is 21.1.